The number of aromatic nitrogens is 2. The van der Waals surface area contributed by atoms with Gasteiger partial charge in [-0.2, -0.15) is 5.10 Å². The van der Waals surface area contributed by atoms with Gasteiger partial charge in [-0.3, -0.25) is 4.79 Å². The van der Waals surface area contributed by atoms with Crippen LogP contribution in [0, 0.1) is 0 Å². The molecule has 0 saturated carbocycles. The van der Waals surface area contributed by atoms with Gasteiger partial charge >= 0.3 is 0 Å². The van der Waals surface area contributed by atoms with Gasteiger partial charge in [-0.1, -0.05) is 30.3 Å². The van der Waals surface area contributed by atoms with Gasteiger partial charge in [0.25, 0.3) is 5.91 Å². The molecule has 0 bridgehead atoms. The first-order valence-corrected chi connectivity index (χ1v) is 10.3. The number of hydrogen-bond acceptors (Lipinski definition) is 4. The first-order valence-electron chi connectivity index (χ1n) is 10.3. The molecular weight excluding hydrogens is 376 g/mol. The Morgan fingerprint density at radius 3 is 2.57 bits per heavy atom. The van der Waals surface area contributed by atoms with Gasteiger partial charge in [0.1, 0.15) is 11.4 Å². The number of benzene rings is 2. The number of carbonyl (C=O) groups excluding carboxylic acids is 1. The second-order valence-electron chi connectivity index (χ2n) is 7.88. The maximum atomic E-state index is 13.6. The summed E-state index contributed by atoms with van der Waals surface area (Å²) in [5, 5.41) is 4.81. The van der Waals surface area contributed by atoms with Crippen molar-refractivity contribution in [2.24, 2.45) is 0 Å². The number of piperidine rings is 1. The van der Waals surface area contributed by atoms with E-state index in [1.54, 1.807) is 11.8 Å². The van der Waals surface area contributed by atoms with E-state index in [1.165, 1.54) is 0 Å². The predicted octanol–water partition coefficient (Wildman–Crippen LogP) is 3.71. The number of carbonyl (C=O) groups is 1. The molecule has 3 aromatic rings. The standard InChI is InChI=1S/C24H28N4O2/c1-26(2)19-12-9-15-27(16-19)24(29)21-17-28(18-10-5-4-6-11-18)25-23(21)20-13-7-8-14-22(20)30-3/h4-8,10-11,13-14,17,19H,9,12,15-16H2,1-3H3. The molecule has 156 valence electrons. The van der Waals surface area contributed by atoms with E-state index >= 15 is 0 Å². The molecule has 1 saturated heterocycles. The zero-order chi connectivity index (χ0) is 21.1. The van der Waals surface area contributed by atoms with Crippen molar-refractivity contribution in [3.63, 3.8) is 0 Å². The maximum absolute atomic E-state index is 13.6. The quantitative estimate of drug-likeness (QED) is 0.650. The highest BCUT2D eigenvalue weighted by molar-refractivity contribution is 6.00. The van der Waals surface area contributed by atoms with E-state index in [2.05, 4.69) is 19.0 Å². The van der Waals surface area contributed by atoms with Gasteiger partial charge in [-0.25, -0.2) is 4.68 Å². The maximum Gasteiger partial charge on any atom is 0.257 e. The van der Waals surface area contributed by atoms with Gasteiger partial charge in [0.15, 0.2) is 0 Å². The van der Waals surface area contributed by atoms with E-state index in [0.717, 1.165) is 37.2 Å². The van der Waals surface area contributed by atoms with Crippen LogP contribution in [0.5, 0.6) is 5.75 Å². The average molecular weight is 405 g/mol. The number of likely N-dealkylation sites (tertiary alicyclic amines) is 1. The lowest BCUT2D eigenvalue weighted by Crippen LogP contribution is -2.47. The molecule has 1 fully saturated rings. The van der Waals surface area contributed by atoms with Crippen LogP contribution in [-0.2, 0) is 0 Å². The van der Waals surface area contributed by atoms with Gasteiger partial charge in [0.2, 0.25) is 0 Å². The lowest BCUT2D eigenvalue weighted by Gasteiger charge is -2.36. The summed E-state index contributed by atoms with van der Waals surface area (Å²) < 4.78 is 7.34. The van der Waals surface area contributed by atoms with E-state index in [9.17, 15) is 4.79 Å². The predicted molar refractivity (Wildman–Crippen MR) is 118 cm³/mol. The van der Waals surface area contributed by atoms with Gasteiger partial charge in [0.05, 0.1) is 18.4 Å². The Labute approximate surface area is 177 Å². The molecule has 2 aromatic carbocycles. The molecular formula is C24H28N4O2. The van der Waals surface area contributed by atoms with Crippen LogP contribution in [0.1, 0.15) is 23.2 Å². The van der Waals surface area contributed by atoms with Crippen LogP contribution < -0.4 is 4.74 Å². The van der Waals surface area contributed by atoms with E-state index in [4.69, 9.17) is 9.84 Å². The Balaban J connectivity index is 1.77. The Morgan fingerprint density at radius 1 is 1.10 bits per heavy atom. The summed E-state index contributed by atoms with van der Waals surface area (Å²) >= 11 is 0. The van der Waals surface area contributed by atoms with Gasteiger partial charge < -0.3 is 14.5 Å². The van der Waals surface area contributed by atoms with Crippen LogP contribution in [0.15, 0.2) is 60.8 Å². The summed E-state index contributed by atoms with van der Waals surface area (Å²) in [5.41, 5.74) is 2.98. The monoisotopic (exact) mass is 404 g/mol. The molecule has 30 heavy (non-hydrogen) atoms. The summed E-state index contributed by atoms with van der Waals surface area (Å²) in [5.74, 6) is 0.722. The summed E-state index contributed by atoms with van der Waals surface area (Å²) in [6.07, 6.45) is 3.96. The lowest BCUT2D eigenvalue weighted by molar-refractivity contribution is 0.0636. The molecule has 6 heteroatoms. The third-order valence-electron chi connectivity index (χ3n) is 5.74. The fraction of sp³-hybridized carbons (Fsp3) is 0.333. The molecule has 0 aliphatic carbocycles. The largest absolute Gasteiger partial charge is 0.496 e. The second-order valence-corrected chi connectivity index (χ2v) is 7.88. The molecule has 6 nitrogen and oxygen atoms in total. The number of methoxy groups -OCH3 is 1. The van der Waals surface area contributed by atoms with Gasteiger partial charge in [-0.05, 0) is 51.2 Å². The number of amides is 1. The van der Waals surface area contributed by atoms with Gasteiger partial charge in [0, 0.05) is 30.9 Å². The average Bonchev–Trinajstić information content (AvgIpc) is 3.24. The number of para-hydroxylation sites is 2. The van der Waals surface area contributed by atoms with Gasteiger partial charge in [-0.15, -0.1) is 0 Å². The van der Waals surface area contributed by atoms with Crippen LogP contribution in [0.4, 0.5) is 0 Å². The number of ether oxygens (including phenoxy) is 1. The number of rotatable bonds is 5. The lowest BCUT2D eigenvalue weighted by atomic mass is 10.0. The normalized spacial score (nSPS) is 16.7. The molecule has 1 aromatic heterocycles. The molecule has 0 N–H and O–H groups in total. The molecule has 1 aliphatic rings. The Bertz CT molecular complexity index is 1010. The van der Waals surface area contributed by atoms with E-state index < -0.39 is 0 Å². The zero-order valence-electron chi connectivity index (χ0n) is 17.8. The summed E-state index contributed by atoms with van der Waals surface area (Å²) in [6, 6.07) is 18.0. The molecule has 0 radical (unpaired) electrons. The van der Waals surface area contributed by atoms with Crippen LogP contribution >= 0.6 is 0 Å². The van der Waals surface area contributed by atoms with Crippen molar-refractivity contribution in [3.05, 3.63) is 66.4 Å². The minimum absolute atomic E-state index is 0.0182. The van der Waals surface area contributed by atoms with E-state index in [0.29, 0.717) is 23.0 Å². The van der Waals surface area contributed by atoms with Crippen molar-refractivity contribution in [1.29, 1.82) is 0 Å². The third kappa shape index (κ3) is 3.96. The first kappa shape index (κ1) is 20.2. The smallest absolute Gasteiger partial charge is 0.257 e. The first-order chi connectivity index (χ1) is 14.6. The fourth-order valence-electron chi connectivity index (χ4n) is 4.01. The SMILES string of the molecule is COc1ccccc1-c1nn(-c2ccccc2)cc1C(=O)N1CCCC(N(C)C)C1. The summed E-state index contributed by atoms with van der Waals surface area (Å²) in [6.45, 7) is 1.50. The Hall–Kier alpha value is -3.12. The highest BCUT2D eigenvalue weighted by Crippen LogP contribution is 2.32. The van der Waals surface area contributed by atoms with Crippen LogP contribution in [0.2, 0.25) is 0 Å². The third-order valence-corrected chi connectivity index (χ3v) is 5.74. The minimum atomic E-state index is 0.0182. The number of likely N-dealkylation sites (N-methyl/N-ethyl adjacent to an activating group) is 1. The highest BCUT2D eigenvalue weighted by atomic mass is 16.5. The molecule has 1 aliphatic heterocycles. The second kappa shape index (κ2) is 8.71. The zero-order valence-corrected chi connectivity index (χ0v) is 17.8. The van der Waals surface area contributed by atoms with E-state index in [1.807, 2.05) is 65.7 Å². The van der Waals surface area contributed by atoms with Crippen molar-refractivity contribution in [2.75, 3.05) is 34.3 Å². The van der Waals surface area contributed by atoms with Crippen molar-refractivity contribution in [2.45, 2.75) is 18.9 Å². The molecule has 2 heterocycles. The number of hydrogen-bond donors (Lipinski definition) is 0. The van der Waals surface area contributed by atoms with Crippen LogP contribution in [0.3, 0.4) is 0 Å². The highest BCUT2D eigenvalue weighted by Gasteiger charge is 2.29. The van der Waals surface area contributed by atoms with Crippen LogP contribution in [0.25, 0.3) is 16.9 Å². The molecule has 1 unspecified atom stereocenters. The number of nitrogens with zero attached hydrogens (tertiary/aromatic N) is 4. The minimum Gasteiger partial charge on any atom is -0.496 e. The van der Waals surface area contributed by atoms with Crippen molar-refractivity contribution in [1.82, 2.24) is 19.6 Å². The molecule has 1 amide bonds. The van der Waals surface area contributed by atoms with Crippen LogP contribution in [-0.4, -0.2) is 65.8 Å². The van der Waals surface area contributed by atoms with E-state index in [-0.39, 0.29) is 5.91 Å². The van der Waals surface area contributed by atoms with Crippen molar-refractivity contribution < 1.29 is 9.53 Å². The Kier molecular flexibility index (Phi) is 5.86. The Morgan fingerprint density at radius 2 is 1.83 bits per heavy atom. The molecule has 1 atom stereocenters. The van der Waals surface area contributed by atoms with Crippen molar-refractivity contribution >= 4 is 5.91 Å². The molecule has 4 rings (SSSR count). The fourth-order valence-corrected chi connectivity index (χ4v) is 4.01. The van der Waals surface area contributed by atoms with Crippen molar-refractivity contribution in [3.8, 4) is 22.7 Å². The molecule has 0 spiro atoms. The summed E-state index contributed by atoms with van der Waals surface area (Å²) in [7, 11) is 5.79. The topological polar surface area (TPSA) is 50.6 Å². The summed E-state index contributed by atoms with van der Waals surface area (Å²) in [4.78, 5) is 17.8.